The number of nitrogens with one attached hydrogen (secondary N) is 1. The molecule has 0 bridgehead atoms. The number of aryl methyl sites for hydroxylation is 1. The molecule has 0 saturated heterocycles. The fraction of sp³-hybridized carbons (Fsp3) is 0.412. The lowest BCUT2D eigenvalue weighted by atomic mass is 9.98. The number of thiophene rings is 1. The number of benzene rings is 1. The van der Waals surface area contributed by atoms with Crippen molar-refractivity contribution < 1.29 is 0 Å². The van der Waals surface area contributed by atoms with Crippen LogP contribution in [-0.2, 0) is 6.42 Å². The van der Waals surface area contributed by atoms with Crippen molar-refractivity contribution in [3.8, 4) is 11.1 Å². The first kappa shape index (κ1) is 12.9. The molecule has 1 atom stereocenters. The highest BCUT2D eigenvalue weighted by Gasteiger charge is 2.24. The number of fused-ring (bicyclic) bond motifs is 1. The van der Waals surface area contributed by atoms with E-state index in [9.17, 15) is 0 Å². The zero-order chi connectivity index (χ0) is 13.2. The van der Waals surface area contributed by atoms with Crippen molar-refractivity contribution in [2.45, 2.75) is 39.2 Å². The molecule has 0 radical (unpaired) electrons. The second-order valence-electron chi connectivity index (χ2n) is 5.36. The lowest BCUT2D eigenvalue weighted by Gasteiger charge is -2.14. The summed E-state index contributed by atoms with van der Waals surface area (Å²) in [5.41, 5.74) is 5.93. The molecule has 0 saturated carbocycles. The van der Waals surface area contributed by atoms with Crippen LogP contribution >= 0.6 is 11.3 Å². The smallest absolute Gasteiger partial charge is 0.0326 e. The minimum atomic E-state index is 0.564. The Morgan fingerprint density at radius 1 is 1.37 bits per heavy atom. The highest BCUT2D eigenvalue weighted by Crippen LogP contribution is 2.38. The Kier molecular flexibility index (Phi) is 3.72. The van der Waals surface area contributed by atoms with Crippen LogP contribution in [-0.4, -0.2) is 6.54 Å². The predicted octanol–water partition coefficient (Wildman–Crippen LogP) is 4.71. The molecule has 1 nitrogen and oxygen atoms in total. The summed E-state index contributed by atoms with van der Waals surface area (Å²) in [5, 5.41) is 5.96. The van der Waals surface area contributed by atoms with Gasteiger partial charge in [0.2, 0.25) is 0 Å². The summed E-state index contributed by atoms with van der Waals surface area (Å²) < 4.78 is 0. The highest BCUT2D eigenvalue weighted by atomic mass is 32.1. The largest absolute Gasteiger partial charge is 0.310 e. The number of hydrogen-bond donors (Lipinski definition) is 1. The van der Waals surface area contributed by atoms with Crippen LogP contribution in [0, 0.1) is 6.92 Å². The van der Waals surface area contributed by atoms with Gasteiger partial charge in [-0.3, -0.25) is 0 Å². The molecule has 0 aliphatic heterocycles. The average molecular weight is 271 g/mol. The molecule has 2 aromatic rings. The first-order valence-corrected chi connectivity index (χ1v) is 8.08. The summed E-state index contributed by atoms with van der Waals surface area (Å²) >= 11 is 1.84. The standard InChI is InChI=1S/C17H21NS/c1-3-9-18-17-8-7-15-14(5-4-6-16(15)17)13-10-12(2)19-11-13/h4-6,10-11,17-18H,3,7-9H2,1-2H3. The van der Waals surface area contributed by atoms with Crippen LogP contribution in [0.15, 0.2) is 29.6 Å². The Morgan fingerprint density at radius 3 is 3.00 bits per heavy atom. The average Bonchev–Trinajstić information content (AvgIpc) is 3.02. The fourth-order valence-electron chi connectivity index (χ4n) is 3.04. The molecule has 1 heterocycles. The van der Waals surface area contributed by atoms with E-state index in [-0.39, 0.29) is 0 Å². The van der Waals surface area contributed by atoms with E-state index in [1.165, 1.54) is 40.8 Å². The van der Waals surface area contributed by atoms with Gasteiger partial charge in [0.05, 0.1) is 0 Å². The third kappa shape index (κ3) is 2.47. The molecule has 19 heavy (non-hydrogen) atoms. The van der Waals surface area contributed by atoms with Crippen molar-refractivity contribution >= 4 is 11.3 Å². The van der Waals surface area contributed by atoms with Gasteiger partial charge in [-0.1, -0.05) is 25.1 Å². The van der Waals surface area contributed by atoms with Crippen LogP contribution < -0.4 is 5.32 Å². The van der Waals surface area contributed by atoms with Gasteiger partial charge in [0.25, 0.3) is 0 Å². The molecule has 1 aromatic carbocycles. The maximum absolute atomic E-state index is 3.67. The van der Waals surface area contributed by atoms with Crippen molar-refractivity contribution in [1.29, 1.82) is 0 Å². The lowest BCUT2D eigenvalue weighted by molar-refractivity contribution is 0.529. The van der Waals surface area contributed by atoms with Gasteiger partial charge in [0.15, 0.2) is 0 Å². The Morgan fingerprint density at radius 2 is 2.26 bits per heavy atom. The Balaban J connectivity index is 1.95. The summed E-state index contributed by atoms with van der Waals surface area (Å²) in [6, 6.07) is 9.68. The van der Waals surface area contributed by atoms with E-state index < -0.39 is 0 Å². The molecule has 1 aliphatic rings. The monoisotopic (exact) mass is 271 g/mol. The quantitative estimate of drug-likeness (QED) is 0.849. The summed E-state index contributed by atoms with van der Waals surface area (Å²) in [6.07, 6.45) is 3.66. The van der Waals surface area contributed by atoms with Gasteiger partial charge >= 0.3 is 0 Å². The van der Waals surface area contributed by atoms with Crippen molar-refractivity contribution in [1.82, 2.24) is 5.32 Å². The lowest BCUT2D eigenvalue weighted by Crippen LogP contribution is -2.19. The van der Waals surface area contributed by atoms with Gasteiger partial charge in [0, 0.05) is 10.9 Å². The van der Waals surface area contributed by atoms with E-state index in [0.717, 1.165) is 6.54 Å². The van der Waals surface area contributed by atoms with Crippen molar-refractivity contribution in [3.63, 3.8) is 0 Å². The van der Waals surface area contributed by atoms with Gasteiger partial charge in [-0.25, -0.2) is 0 Å². The third-order valence-corrected chi connectivity index (χ3v) is 4.81. The Hall–Kier alpha value is -1.12. The van der Waals surface area contributed by atoms with Crippen LogP contribution in [0.1, 0.15) is 41.8 Å². The van der Waals surface area contributed by atoms with E-state index in [4.69, 9.17) is 0 Å². The van der Waals surface area contributed by atoms with Crippen LogP contribution in [0.2, 0.25) is 0 Å². The maximum atomic E-state index is 3.67. The van der Waals surface area contributed by atoms with E-state index in [0.29, 0.717) is 6.04 Å². The second-order valence-corrected chi connectivity index (χ2v) is 6.48. The minimum absolute atomic E-state index is 0.564. The van der Waals surface area contributed by atoms with E-state index in [1.54, 1.807) is 5.56 Å². The molecule has 1 unspecified atom stereocenters. The van der Waals surface area contributed by atoms with Crippen molar-refractivity contribution in [2.24, 2.45) is 0 Å². The van der Waals surface area contributed by atoms with E-state index in [2.05, 4.69) is 48.8 Å². The van der Waals surface area contributed by atoms with Crippen molar-refractivity contribution in [2.75, 3.05) is 6.54 Å². The molecule has 1 aromatic heterocycles. The predicted molar refractivity (Wildman–Crippen MR) is 83.8 cm³/mol. The molecular formula is C17H21NS. The summed E-state index contributed by atoms with van der Waals surface area (Å²) in [4.78, 5) is 1.39. The SMILES string of the molecule is CCCNC1CCc2c(-c3csc(C)c3)cccc21. The Labute approximate surface area is 119 Å². The molecule has 2 heteroatoms. The van der Waals surface area contributed by atoms with Gasteiger partial charge in [-0.05, 0) is 66.4 Å². The van der Waals surface area contributed by atoms with E-state index >= 15 is 0 Å². The first-order valence-electron chi connectivity index (χ1n) is 7.20. The molecule has 100 valence electrons. The molecule has 1 aliphatic carbocycles. The van der Waals surface area contributed by atoms with Crippen LogP contribution in [0.25, 0.3) is 11.1 Å². The molecule has 0 spiro atoms. The normalized spacial score (nSPS) is 17.7. The highest BCUT2D eigenvalue weighted by molar-refractivity contribution is 7.10. The van der Waals surface area contributed by atoms with Gasteiger partial charge < -0.3 is 5.32 Å². The van der Waals surface area contributed by atoms with Crippen LogP contribution in [0.3, 0.4) is 0 Å². The third-order valence-electron chi connectivity index (χ3n) is 3.95. The van der Waals surface area contributed by atoms with E-state index in [1.807, 2.05) is 11.3 Å². The molecule has 0 amide bonds. The van der Waals surface area contributed by atoms with Gasteiger partial charge in [-0.15, -0.1) is 11.3 Å². The first-order chi connectivity index (χ1) is 9.29. The number of hydrogen-bond acceptors (Lipinski definition) is 2. The maximum Gasteiger partial charge on any atom is 0.0326 e. The molecule has 0 fully saturated rings. The zero-order valence-electron chi connectivity index (χ0n) is 11.7. The zero-order valence-corrected chi connectivity index (χ0v) is 12.5. The van der Waals surface area contributed by atoms with Crippen LogP contribution in [0.5, 0.6) is 0 Å². The summed E-state index contributed by atoms with van der Waals surface area (Å²) in [7, 11) is 0. The minimum Gasteiger partial charge on any atom is -0.310 e. The van der Waals surface area contributed by atoms with Crippen molar-refractivity contribution in [3.05, 3.63) is 45.6 Å². The summed E-state index contributed by atoms with van der Waals surface area (Å²) in [6.45, 7) is 5.53. The molecular weight excluding hydrogens is 250 g/mol. The van der Waals surface area contributed by atoms with Gasteiger partial charge in [-0.2, -0.15) is 0 Å². The number of rotatable bonds is 4. The molecule has 3 rings (SSSR count). The van der Waals surface area contributed by atoms with Gasteiger partial charge in [0.1, 0.15) is 0 Å². The second kappa shape index (κ2) is 5.48. The molecule has 1 N–H and O–H groups in total. The Bertz CT molecular complexity index is 570. The topological polar surface area (TPSA) is 12.0 Å². The fourth-order valence-corrected chi connectivity index (χ4v) is 3.74. The summed E-state index contributed by atoms with van der Waals surface area (Å²) in [5.74, 6) is 0. The van der Waals surface area contributed by atoms with Crippen LogP contribution in [0.4, 0.5) is 0 Å².